The van der Waals surface area contributed by atoms with Crippen LogP contribution in [0.3, 0.4) is 0 Å². The van der Waals surface area contributed by atoms with E-state index in [-0.39, 0.29) is 23.4 Å². The van der Waals surface area contributed by atoms with Crippen molar-refractivity contribution in [3.8, 4) is 11.5 Å². The molecule has 3 aliphatic heterocycles. The van der Waals surface area contributed by atoms with Crippen LogP contribution in [0.25, 0.3) is 10.9 Å². The molecule has 3 atom stereocenters. The predicted octanol–water partition coefficient (Wildman–Crippen LogP) is 6.37. The first kappa shape index (κ1) is 39.5. The average Bonchev–Trinajstić information content (AvgIpc) is 3.24. The number of hydrogen-bond acceptors (Lipinski definition) is 10. The van der Waals surface area contributed by atoms with Crippen LogP contribution in [0.15, 0.2) is 108 Å². The number of carbonyl (C=O) groups excluding carboxylic acids is 2. The summed E-state index contributed by atoms with van der Waals surface area (Å²) in [6.07, 6.45) is 3.19. The summed E-state index contributed by atoms with van der Waals surface area (Å²) in [6.45, 7) is 4.53. The van der Waals surface area contributed by atoms with E-state index in [4.69, 9.17) is 14.2 Å². The van der Waals surface area contributed by atoms with E-state index in [0.717, 1.165) is 62.0 Å². The smallest absolute Gasteiger partial charge is 0.408 e. The van der Waals surface area contributed by atoms with Gasteiger partial charge in [0.15, 0.2) is 0 Å². The number of pyridine rings is 1. The van der Waals surface area contributed by atoms with Crippen LogP contribution in [-0.2, 0) is 16.1 Å². The Kier molecular flexibility index (Phi) is 13.2. The molecule has 4 aromatic carbocycles. The summed E-state index contributed by atoms with van der Waals surface area (Å²) in [6, 6.07) is 30.3. The topological polar surface area (TPSA) is 162 Å². The van der Waals surface area contributed by atoms with Gasteiger partial charge < -0.3 is 40.0 Å². The lowest BCUT2D eigenvalue weighted by Gasteiger charge is -2.43. The maximum atomic E-state index is 13.2. The van der Waals surface area contributed by atoms with Gasteiger partial charge >= 0.3 is 12.1 Å². The maximum absolute atomic E-state index is 13.2. The molecule has 1 amide bonds. The van der Waals surface area contributed by atoms with E-state index in [1.165, 1.54) is 12.1 Å². The Hall–Kier alpha value is -5.69. The zero-order chi connectivity index (χ0) is 39.6. The van der Waals surface area contributed by atoms with E-state index < -0.39 is 18.2 Å². The Labute approximate surface area is 331 Å². The van der Waals surface area contributed by atoms with Crippen molar-refractivity contribution < 1.29 is 34.0 Å². The van der Waals surface area contributed by atoms with E-state index in [2.05, 4.69) is 20.5 Å². The highest BCUT2D eigenvalue weighted by molar-refractivity contribution is 5.89. The van der Waals surface area contributed by atoms with Crippen molar-refractivity contribution in [1.82, 2.24) is 20.5 Å². The fourth-order valence-corrected chi connectivity index (χ4v) is 7.70. The lowest BCUT2D eigenvalue weighted by molar-refractivity contribution is -0.0336. The number of amides is 1. The molecule has 0 spiro atoms. The van der Waals surface area contributed by atoms with Crippen molar-refractivity contribution >= 4 is 23.0 Å². The van der Waals surface area contributed by atoms with Gasteiger partial charge in [-0.25, -0.2) is 9.59 Å². The Morgan fingerprint density at radius 1 is 0.877 bits per heavy atom. The molecular formula is C45H50N4O8. The van der Waals surface area contributed by atoms with E-state index in [1.807, 2.05) is 66.7 Å². The molecule has 12 nitrogen and oxygen atoms in total. The van der Waals surface area contributed by atoms with E-state index in [9.17, 15) is 24.6 Å². The third kappa shape index (κ3) is 10.4. The molecule has 1 unspecified atom stereocenters. The molecule has 12 heteroatoms. The minimum Gasteiger partial charge on any atom is -0.506 e. The van der Waals surface area contributed by atoms with Crippen LogP contribution in [0, 0.1) is 5.92 Å². The number of benzene rings is 4. The number of carbonyl (C=O) groups is 2. The van der Waals surface area contributed by atoms with Crippen LogP contribution in [-0.4, -0.2) is 77.6 Å². The van der Waals surface area contributed by atoms with E-state index >= 15 is 0 Å². The molecule has 1 aromatic heterocycles. The third-order valence-corrected chi connectivity index (χ3v) is 10.9. The van der Waals surface area contributed by atoms with Gasteiger partial charge in [-0.15, -0.1) is 0 Å². The molecule has 5 N–H and O–H groups in total. The van der Waals surface area contributed by atoms with Crippen molar-refractivity contribution in [2.45, 2.75) is 57.0 Å². The van der Waals surface area contributed by atoms with Crippen LogP contribution < -0.4 is 20.9 Å². The normalized spacial score (nSPS) is 18.4. The maximum Gasteiger partial charge on any atom is 0.408 e. The number of aromatic amines is 1. The van der Waals surface area contributed by atoms with Gasteiger partial charge in [-0.3, -0.25) is 9.69 Å². The van der Waals surface area contributed by atoms with Crippen molar-refractivity contribution in [2.75, 3.05) is 39.3 Å². The zero-order valence-electron chi connectivity index (χ0n) is 31.9. The second-order valence-electron chi connectivity index (χ2n) is 14.8. The molecule has 298 valence electrons. The number of fused-ring (bicyclic) bond motifs is 4. The number of phenolic OH excluding ortho intramolecular Hbond substituents is 1. The molecule has 0 saturated carbocycles. The zero-order valence-corrected chi connectivity index (χ0v) is 31.9. The number of H-pyrrole nitrogens is 1. The number of rotatable bonds is 17. The van der Waals surface area contributed by atoms with Gasteiger partial charge in [-0.1, -0.05) is 60.7 Å². The SMILES string of the molecule is O=C(NC(c1ccccc1)c1cccc(OCc2ccc(C(=O)OCCCCCNC[C@@H](O)c3ccc(O)c4[nH]c(=O)ccc34)cc2)c1)O[C@H]1CN2CCC1CC2. The van der Waals surface area contributed by atoms with Crippen molar-refractivity contribution in [3.05, 3.63) is 141 Å². The molecule has 0 radical (unpaired) electrons. The molecule has 8 rings (SSSR count). The molecular weight excluding hydrogens is 725 g/mol. The number of hydrogen-bond donors (Lipinski definition) is 5. The Balaban J connectivity index is 0.825. The highest BCUT2D eigenvalue weighted by Crippen LogP contribution is 2.31. The van der Waals surface area contributed by atoms with Gasteiger partial charge in [0.2, 0.25) is 5.56 Å². The predicted molar refractivity (Wildman–Crippen MR) is 216 cm³/mol. The number of unbranched alkanes of at least 4 members (excludes halogenated alkanes) is 2. The minimum absolute atomic E-state index is 0.0454. The fraction of sp³-hybridized carbons (Fsp3) is 0.356. The number of aliphatic hydroxyl groups excluding tert-OH is 1. The molecule has 3 aliphatic rings. The highest BCUT2D eigenvalue weighted by atomic mass is 16.6. The summed E-state index contributed by atoms with van der Waals surface area (Å²) in [7, 11) is 0. The number of aromatic hydroxyl groups is 1. The summed E-state index contributed by atoms with van der Waals surface area (Å²) in [5.41, 5.74) is 3.76. The Morgan fingerprint density at radius 3 is 2.44 bits per heavy atom. The number of phenols is 1. The average molecular weight is 775 g/mol. The standard InChI is InChI=1S/C45H50N4O8/c50-38-18-16-36(37-17-19-41(52)47-43(37)38)39(51)27-46-22-5-2-6-25-55-44(53)33-14-12-30(13-15-33)29-56-35-11-7-10-34(26-35)42(32-8-3-1-4-9-32)48-45(54)57-40-28-49-23-20-31(40)21-24-49/h1,3-4,7-19,26,31,39-40,42,46,50-51H,2,5-6,20-25,27-29H2,(H,47,52)(H,48,54)/t39-,40+,42?/m1/s1. The number of nitrogens with zero attached hydrogens (tertiary/aromatic N) is 1. The molecule has 0 aliphatic carbocycles. The van der Waals surface area contributed by atoms with E-state index in [0.29, 0.717) is 66.4 Å². The van der Waals surface area contributed by atoms with Gasteiger partial charge in [0.05, 0.1) is 29.8 Å². The minimum atomic E-state index is -0.817. The molecule has 2 bridgehead atoms. The summed E-state index contributed by atoms with van der Waals surface area (Å²) >= 11 is 0. The first-order valence-corrected chi connectivity index (χ1v) is 19.8. The summed E-state index contributed by atoms with van der Waals surface area (Å²) in [5, 5.41) is 27.7. The van der Waals surface area contributed by atoms with Crippen molar-refractivity contribution in [2.24, 2.45) is 5.92 Å². The van der Waals surface area contributed by atoms with Crippen LogP contribution in [0.1, 0.15) is 76.9 Å². The quantitative estimate of drug-likeness (QED) is 0.0530. The number of aromatic nitrogens is 1. The number of piperidine rings is 3. The molecule has 3 saturated heterocycles. The highest BCUT2D eigenvalue weighted by Gasteiger charge is 2.37. The number of esters is 1. The third-order valence-electron chi connectivity index (χ3n) is 10.9. The first-order chi connectivity index (χ1) is 27.8. The van der Waals surface area contributed by atoms with Gasteiger partial charge in [0, 0.05) is 24.5 Å². The van der Waals surface area contributed by atoms with Crippen LogP contribution in [0.5, 0.6) is 11.5 Å². The summed E-state index contributed by atoms with van der Waals surface area (Å²) < 4.78 is 17.6. The fourth-order valence-electron chi connectivity index (χ4n) is 7.70. The van der Waals surface area contributed by atoms with E-state index in [1.54, 1.807) is 24.3 Å². The Bertz CT molecular complexity index is 2170. The molecule has 5 aromatic rings. The monoisotopic (exact) mass is 774 g/mol. The summed E-state index contributed by atoms with van der Waals surface area (Å²) in [4.78, 5) is 42.5. The number of nitrogens with one attached hydrogen (secondary N) is 3. The molecule has 57 heavy (non-hydrogen) atoms. The molecule has 3 fully saturated rings. The van der Waals surface area contributed by atoms with Gasteiger partial charge in [-0.05, 0) is 116 Å². The summed E-state index contributed by atoms with van der Waals surface area (Å²) in [5.74, 6) is 0.645. The van der Waals surface area contributed by atoms with Gasteiger partial charge in [0.1, 0.15) is 24.2 Å². The van der Waals surface area contributed by atoms with Crippen LogP contribution in [0.2, 0.25) is 0 Å². The second kappa shape index (κ2) is 19.0. The largest absolute Gasteiger partial charge is 0.506 e. The molecule has 4 heterocycles. The first-order valence-electron chi connectivity index (χ1n) is 19.8. The van der Waals surface area contributed by atoms with Crippen molar-refractivity contribution in [1.29, 1.82) is 0 Å². The van der Waals surface area contributed by atoms with Crippen molar-refractivity contribution in [3.63, 3.8) is 0 Å². The van der Waals surface area contributed by atoms with Crippen LogP contribution >= 0.6 is 0 Å². The number of alkyl carbamates (subject to hydrolysis) is 1. The second-order valence-corrected chi connectivity index (χ2v) is 14.8. The number of aliphatic hydroxyl groups is 1. The number of ether oxygens (including phenoxy) is 3. The van der Waals surface area contributed by atoms with Gasteiger partial charge in [0.25, 0.3) is 0 Å². The lowest BCUT2D eigenvalue weighted by atomic mass is 9.86. The Morgan fingerprint density at radius 2 is 1.67 bits per heavy atom. The van der Waals surface area contributed by atoms with Crippen LogP contribution in [0.4, 0.5) is 4.79 Å². The van der Waals surface area contributed by atoms with Gasteiger partial charge in [-0.2, -0.15) is 0 Å². The lowest BCUT2D eigenvalue weighted by Crippen LogP contribution is -2.52.